The van der Waals surface area contributed by atoms with Crippen LogP contribution in [0.5, 0.6) is 5.75 Å². The van der Waals surface area contributed by atoms with Gasteiger partial charge in [0.05, 0.1) is 40.9 Å². The number of anilines is 1. The number of benzene rings is 3. The van der Waals surface area contributed by atoms with Crippen LogP contribution in [-0.4, -0.2) is 72.5 Å². The summed E-state index contributed by atoms with van der Waals surface area (Å²) in [4.78, 5) is 41.5. The molecule has 0 unspecified atom stereocenters. The average Bonchev–Trinajstić information content (AvgIpc) is 2.96. The van der Waals surface area contributed by atoms with Crippen molar-refractivity contribution >= 4 is 50.2 Å². The molecule has 3 heterocycles. The Hall–Kier alpha value is -4.15. The molecule has 10 nitrogen and oxygen atoms in total. The van der Waals surface area contributed by atoms with Crippen LogP contribution in [0.1, 0.15) is 39.4 Å². The first-order chi connectivity index (χ1) is 20.5. The van der Waals surface area contributed by atoms with Crippen molar-refractivity contribution in [3.63, 3.8) is 0 Å². The largest absolute Gasteiger partial charge is 0.483 e. The number of nitrogens with one attached hydrogen (secondary N) is 1. The number of aromatic nitrogens is 1. The van der Waals surface area contributed by atoms with E-state index in [1.165, 1.54) is 13.8 Å². The Labute approximate surface area is 249 Å². The van der Waals surface area contributed by atoms with Crippen LogP contribution in [0.2, 0.25) is 0 Å². The van der Waals surface area contributed by atoms with Crippen LogP contribution in [0.3, 0.4) is 0 Å². The van der Waals surface area contributed by atoms with Crippen molar-refractivity contribution in [1.29, 1.82) is 0 Å². The summed E-state index contributed by atoms with van der Waals surface area (Å²) in [5.74, 6) is -0.613. The molecule has 1 saturated heterocycles. The molecular weight excluding hydrogens is 550 g/mol. The maximum absolute atomic E-state index is 14.5. The van der Waals surface area contributed by atoms with Crippen LogP contribution >= 0.6 is 0 Å². The molecule has 0 spiro atoms. The lowest BCUT2D eigenvalue weighted by Gasteiger charge is -2.43. The third-order valence-corrected chi connectivity index (χ3v) is 8.39. The second kappa shape index (κ2) is 11.2. The minimum atomic E-state index is -1.04. The van der Waals surface area contributed by atoms with E-state index >= 15 is 0 Å². The normalized spacial score (nSPS) is 20.0. The zero-order chi connectivity index (χ0) is 30.5. The molecule has 10 heteroatoms. The maximum atomic E-state index is 14.5. The lowest BCUT2D eigenvalue weighted by molar-refractivity contribution is -0.187. The number of fused-ring (bicyclic) bond motifs is 5. The molecule has 0 bridgehead atoms. The number of nitrogens with zero attached hydrogens (tertiary/aromatic N) is 2. The molecule has 2 atom stereocenters. The third kappa shape index (κ3) is 5.29. The van der Waals surface area contributed by atoms with Crippen molar-refractivity contribution in [2.45, 2.75) is 45.5 Å². The zero-order valence-electron chi connectivity index (χ0n) is 25.2. The van der Waals surface area contributed by atoms with Gasteiger partial charge in [0, 0.05) is 58.5 Å². The highest BCUT2D eigenvalue weighted by Gasteiger charge is 2.50. The van der Waals surface area contributed by atoms with Gasteiger partial charge < -0.3 is 28.8 Å². The van der Waals surface area contributed by atoms with Crippen LogP contribution in [0.4, 0.5) is 5.69 Å². The number of rotatable bonds is 6. The summed E-state index contributed by atoms with van der Waals surface area (Å²) in [6.45, 7) is 10.7. The van der Waals surface area contributed by atoms with Crippen molar-refractivity contribution < 1.29 is 28.5 Å². The molecule has 4 aromatic rings. The smallest absolute Gasteiger partial charge is 0.303 e. The number of morpholine rings is 1. The van der Waals surface area contributed by atoms with Gasteiger partial charge in [0.25, 0.3) is 0 Å². The van der Waals surface area contributed by atoms with Gasteiger partial charge >= 0.3 is 11.9 Å². The monoisotopic (exact) mass is 587 g/mol. The Morgan fingerprint density at radius 2 is 1.70 bits per heavy atom. The first kappa shape index (κ1) is 28.9. The number of hydrogen-bond acceptors (Lipinski definition) is 9. The molecule has 1 N–H and O–H groups in total. The van der Waals surface area contributed by atoms with Crippen LogP contribution < -0.4 is 15.5 Å². The summed E-state index contributed by atoms with van der Waals surface area (Å²) < 4.78 is 25.6. The summed E-state index contributed by atoms with van der Waals surface area (Å²) in [7, 11) is 1.89. The predicted octanol–water partition coefficient (Wildman–Crippen LogP) is 4.30. The van der Waals surface area contributed by atoms with Gasteiger partial charge in [-0.1, -0.05) is 24.3 Å². The molecule has 0 aliphatic carbocycles. The molecule has 0 amide bonds. The van der Waals surface area contributed by atoms with Crippen molar-refractivity contribution in [3.05, 3.63) is 58.3 Å². The van der Waals surface area contributed by atoms with E-state index in [0.29, 0.717) is 53.0 Å². The fourth-order valence-corrected chi connectivity index (χ4v) is 6.39. The Morgan fingerprint density at radius 3 is 2.37 bits per heavy atom. The Balaban J connectivity index is 1.62. The van der Waals surface area contributed by atoms with Crippen molar-refractivity contribution in [2.24, 2.45) is 7.05 Å². The van der Waals surface area contributed by atoms with Gasteiger partial charge in [0.2, 0.25) is 0 Å². The fraction of sp³-hybridized carbons (Fsp3) is 0.424. The highest BCUT2D eigenvalue weighted by atomic mass is 16.6. The van der Waals surface area contributed by atoms with E-state index in [2.05, 4.69) is 10.2 Å². The van der Waals surface area contributed by atoms with Crippen LogP contribution in [-0.2, 0) is 30.8 Å². The summed E-state index contributed by atoms with van der Waals surface area (Å²) in [6.07, 6.45) is -1.96. The average molecular weight is 588 g/mol. The first-order valence-corrected chi connectivity index (χ1v) is 14.6. The topological polar surface area (TPSA) is 108 Å². The van der Waals surface area contributed by atoms with Gasteiger partial charge in [-0.05, 0) is 36.8 Å². The van der Waals surface area contributed by atoms with E-state index in [4.69, 9.17) is 18.9 Å². The lowest BCUT2D eigenvalue weighted by Crippen LogP contribution is -2.52. The Morgan fingerprint density at radius 1 is 1.02 bits per heavy atom. The van der Waals surface area contributed by atoms with E-state index in [0.717, 1.165) is 35.9 Å². The van der Waals surface area contributed by atoms with Gasteiger partial charge in [0.1, 0.15) is 11.4 Å². The Kier molecular flexibility index (Phi) is 7.52. The van der Waals surface area contributed by atoms with E-state index in [-0.39, 0.29) is 5.43 Å². The fourth-order valence-electron chi connectivity index (χ4n) is 6.39. The van der Waals surface area contributed by atoms with Crippen LogP contribution in [0, 0.1) is 0 Å². The minimum absolute atomic E-state index is 0.152. The minimum Gasteiger partial charge on any atom is -0.483 e. The molecule has 43 heavy (non-hydrogen) atoms. The molecular formula is C33H37N3O7. The maximum Gasteiger partial charge on any atom is 0.303 e. The van der Waals surface area contributed by atoms with E-state index < -0.39 is 29.7 Å². The van der Waals surface area contributed by atoms with Gasteiger partial charge in [0.15, 0.2) is 17.6 Å². The highest BCUT2D eigenvalue weighted by molar-refractivity contribution is 6.06. The lowest BCUT2D eigenvalue weighted by atomic mass is 9.86. The molecule has 0 radical (unpaired) electrons. The van der Waals surface area contributed by atoms with E-state index in [1.807, 2.05) is 54.1 Å². The molecule has 6 rings (SSSR count). The highest BCUT2D eigenvalue weighted by Crippen LogP contribution is 2.48. The van der Waals surface area contributed by atoms with Gasteiger partial charge in [-0.3, -0.25) is 19.3 Å². The van der Waals surface area contributed by atoms with Gasteiger partial charge in [-0.25, -0.2) is 0 Å². The van der Waals surface area contributed by atoms with E-state index in [9.17, 15) is 14.4 Å². The van der Waals surface area contributed by atoms with Crippen LogP contribution in [0.15, 0.2) is 47.3 Å². The number of ether oxygens (including phenoxy) is 4. The van der Waals surface area contributed by atoms with Crippen molar-refractivity contribution in [2.75, 3.05) is 44.7 Å². The molecule has 0 saturated carbocycles. The Bertz CT molecular complexity index is 1810. The van der Waals surface area contributed by atoms with Crippen molar-refractivity contribution in [3.8, 4) is 5.75 Å². The number of carbonyl (C=O) groups is 2. The molecule has 1 aromatic heterocycles. The summed E-state index contributed by atoms with van der Waals surface area (Å²) in [5, 5.41) is 6.49. The first-order valence-electron chi connectivity index (χ1n) is 14.6. The number of hydrogen-bond donors (Lipinski definition) is 1. The number of pyridine rings is 1. The second-order valence-electron chi connectivity index (χ2n) is 11.8. The predicted molar refractivity (Wildman–Crippen MR) is 165 cm³/mol. The summed E-state index contributed by atoms with van der Waals surface area (Å²) in [6, 6.07) is 13.6. The van der Waals surface area contributed by atoms with E-state index in [1.54, 1.807) is 13.8 Å². The molecule has 2 aliphatic heterocycles. The molecule has 3 aromatic carbocycles. The van der Waals surface area contributed by atoms with Crippen molar-refractivity contribution in [1.82, 2.24) is 9.47 Å². The molecule has 2 aliphatic rings. The number of esters is 2. The zero-order valence-corrected chi connectivity index (χ0v) is 25.2. The van der Waals surface area contributed by atoms with Crippen LogP contribution in [0.25, 0.3) is 32.6 Å². The third-order valence-electron chi connectivity index (χ3n) is 8.39. The second-order valence-corrected chi connectivity index (χ2v) is 11.8. The molecule has 226 valence electrons. The van der Waals surface area contributed by atoms with Gasteiger partial charge in [-0.2, -0.15) is 0 Å². The quantitative estimate of drug-likeness (QED) is 0.261. The molecule has 1 fully saturated rings. The SMILES string of the molecule is CC(=O)O[C@H]1c2c(cc(NCCN3CCOCC3)c3c(=O)c4cc5ccccc5cc4n(C)c23)OC(C)(C)[C@H]1OC(C)=O. The summed E-state index contributed by atoms with van der Waals surface area (Å²) >= 11 is 0. The number of carbonyl (C=O) groups excluding carboxylic acids is 2. The standard InChI is InChI=1S/C33H37N3O7/c1-19(37)41-31-28-26(43-33(3,4)32(31)42-20(2)38)18-24(34-10-11-36-12-14-40-15-13-36)27-29(28)35(5)25-17-22-9-7-6-8-21(22)16-23(25)30(27)39/h6-9,16-18,31-32,34H,10-15H2,1-5H3/t31-,32-/m0/s1. The summed E-state index contributed by atoms with van der Waals surface area (Å²) in [5.41, 5.74) is 1.20. The number of aryl methyl sites for hydroxylation is 1. The van der Waals surface area contributed by atoms with Gasteiger partial charge in [-0.15, -0.1) is 0 Å².